The second-order valence-corrected chi connectivity index (χ2v) is 9.33. The van der Waals surface area contributed by atoms with Crippen LogP contribution < -0.4 is 0 Å². The molecule has 2 aliphatic rings. The summed E-state index contributed by atoms with van der Waals surface area (Å²) in [7, 11) is 1.54. The number of fused-ring (bicyclic) bond motifs is 1. The van der Waals surface area contributed by atoms with E-state index in [1.54, 1.807) is 14.0 Å². The quantitative estimate of drug-likeness (QED) is 0.369. The molecule has 2 aliphatic heterocycles. The molecule has 2 fully saturated rings. The predicted molar refractivity (Wildman–Crippen MR) is 136 cm³/mol. The molecule has 0 aromatic heterocycles. The number of rotatable bonds is 11. The van der Waals surface area contributed by atoms with Crippen LogP contribution in [0.5, 0.6) is 0 Å². The average molecular weight is 507 g/mol. The molecule has 5 rings (SSSR count). The fourth-order valence-electron chi connectivity index (χ4n) is 4.61. The summed E-state index contributed by atoms with van der Waals surface area (Å²) >= 11 is 0. The van der Waals surface area contributed by atoms with E-state index < -0.39 is 36.7 Å². The smallest absolute Gasteiger partial charge is 0.282 e. The first-order valence-electron chi connectivity index (χ1n) is 12.6. The summed E-state index contributed by atoms with van der Waals surface area (Å²) in [5, 5.41) is 0. The molecule has 2 heterocycles. The molecule has 6 atom stereocenters. The second-order valence-electron chi connectivity index (χ2n) is 9.33. The standard InChI is InChI=1S/C30H34O7/c1-30(31-2)36-28-27(34-20-24-16-10-5-11-17-24)26(33-19-23-14-8-4-9-15-23)25(35-29(28)37-30)21-32-18-22-12-6-3-7-13-22/h3-17,25-29H,18-21H2,1-2H3/t25?,26-,27?,28?,29-,30?/m1/s1. The van der Waals surface area contributed by atoms with Crippen molar-refractivity contribution in [2.75, 3.05) is 13.7 Å². The number of hydrogen-bond donors (Lipinski definition) is 0. The van der Waals surface area contributed by atoms with Gasteiger partial charge in [-0.15, -0.1) is 0 Å². The van der Waals surface area contributed by atoms with Crippen LogP contribution in [0.15, 0.2) is 91.0 Å². The van der Waals surface area contributed by atoms with Crippen molar-refractivity contribution in [2.45, 2.75) is 63.4 Å². The molecule has 7 heteroatoms. The molecule has 0 spiro atoms. The number of benzene rings is 3. The van der Waals surface area contributed by atoms with Crippen LogP contribution in [0.2, 0.25) is 0 Å². The van der Waals surface area contributed by atoms with E-state index in [4.69, 9.17) is 33.2 Å². The molecule has 3 aromatic rings. The first-order chi connectivity index (χ1) is 18.1. The van der Waals surface area contributed by atoms with Gasteiger partial charge in [0.1, 0.15) is 24.4 Å². The van der Waals surface area contributed by atoms with E-state index >= 15 is 0 Å². The highest BCUT2D eigenvalue weighted by Gasteiger charge is 2.57. The third-order valence-corrected chi connectivity index (χ3v) is 6.61. The van der Waals surface area contributed by atoms with Crippen LogP contribution >= 0.6 is 0 Å². The highest BCUT2D eigenvalue weighted by atomic mass is 16.9. The van der Waals surface area contributed by atoms with E-state index in [0.717, 1.165) is 16.7 Å². The SMILES string of the molecule is COC1(C)OC2C(OCc3ccccc3)[C@H](OCc3ccccc3)C(COCc3ccccc3)O[C@@H]2O1. The zero-order valence-corrected chi connectivity index (χ0v) is 21.2. The molecule has 0 saturated carbocycles. The molecule has 4 unspecified atom stereocenters. The molecule has 0 bridgehead atoms. The Hall–Kier alpha value is -2.62. The molecular formula is C30H34O7. The van der Waals surface area contributed by atoms with Gasteiger partial charge < -0.3 is 28.4 Å². The Bertz CT molecular complexity index is 1080. The van der Waals surface area contributed by atoms with Crippen LogP contribution in [0.3, 0.4) is 0 Å². The van der Waals surface area contributed by atoms with Crippen molar-refractivity contribution in [1.29, 1.82) is 0 Å². The van der Waals surface area contributed by atoms with Crippen LogP contribution in [-0.2, 0) is 53.0 Å². The maximum Gasteiger partial charge on any atom is 0.282 e. The van der Waals surface area contributed by atoms with Crippen molar-refractivity contribution in [2.24, 2.45) is 0 Å². The van der Waals surface area contributed by atoms with Crippen LogP contribution in [0.25, 0.3) is 0 Å². The number of ether oxygens (including phenoxy) is 7. The molecule has 196 valence electrons. The summed E-state index contributed by atoms with van der Waals surface area (Å²) in [5.74, 6) is -1.24. The lowest BCUT2D eigenvalue weighted by molar-refractivity contribution is -0.334. The molecule has 0 N–H and O–H groups in total. The molecule has 3 aromatic carbocycles. The Morgan fingerprint density at radius 2 is 1.19 bits per heavy atom. The van der Waals surface area contributed by atoms with Crippen LogP contribution in [0, 0.1) is 0 Å². The van der Waals surface area contributed by atoms with Crippen molar-refractivity contribution in [3.8, 4) is 0 Å². The number of hydrogen-bond acceptors (Lipinski definition) is 7. The summed E-state index contributed by atoms with van der Waals surface area (Å²) < 4.78 is 43.2. The van der Waals surface area contributed by atoms with Gasteiger partial charge in [0.2, 0.25) is 0 Å². The molecular weight excluding hydrogens is 472 g/mol. The van der Waals surface area contributed by atoms with Gasteiger partial charge in [-0.1, -0.05) is 91.0 Å². The Morgan fingerprint density at radius 3 is 1.73 bits per heavy atom. The summed E-state index contributed by atoms with van der Waals surface area (Å²) in [6.07, 6.45) is -2.63. The lowest BCUT2D eigenvalue weighted by Crippen LogP contribution is -2.59. The molecule has 0 aliphatic carbocycles. The fraction of sp³-hybridized carbons (Fsp3) is 0.400. The van der Waals surface area contributed by atoms with E-state index in [1.807, 2.05) is 91.0 Å². The monoisotopic (exact) mass is 506 g/mol. The van der Waals surface area contributed by atoms with Crippen LogP contribution in [0.4, 0.5) is 0 Å². The summed E-state index contributed by atoms with van der Waals surface area (Å²) in [6.45, 7) is 3.28. The molecule has 7 nitrogen and oxygen atoms in total. The Labute approximate surface area is 218 Å². The fourth-order valence-corrected chi connectivity index (χ4v) is 4.61. The first kappa shape index (κ1) is 26.0. The molecule has 37 heavy (non-hydrogen) atoms. The van der Waals surface area contributed by atoms with Gasteiger partial charge in [-0.05, 0) is 16.7 Å². The summed E-state index contributed by atoms with van der Waals surface area (Å²) in [6, 6.07) is 30.1. The summed E-state index contributed by atoms with van der Waals surface area (Å²) in [4.78, 5) is 0. The lowest BCUT2D eigenvalue weighted by atomic mass is 9.98. The van der Waals surface area contributed by atoms with Crippen LogP contribution in [-0.4, -0.2) is 50.4 Å². The topological polar surface area (TPSA) is 64.6 Å². The van der Waals surface area contributed by atoms with Gasteiger partial charge in [-0.25, -0.2) is 0 Å². The van der Waals surface area contributed by atoms with Crippen molar-refractivity contribution in [1.82, 2.24) is 0 Å². The predicted octanol–water partition coefficient (Wildman–Crippen LogP) is 4.83. The normalized spacial score (nSPS) is 29.2. The highest BCUT2D eigenvalue weighted by molar-refractivity contribution is 5.15. The van der Waals surface area contributed by atoms with Crippen molar-refractivity contribution in [3.05, 3.63) is 108 Å². The minimum absolute atomic E-state index is 0.301. The van der Waals surface area contributed by atoms with Gasteiger partial charge in [0.25, 0.3) is 5.97 Å². The highest BCUT2D eigenvalue weighted by Crippen LogP contribution is 2.39. The second kappa shape index (κ2) is 12.3. The zero-order valence-electron chi connectivity index (χ0n) is 21.2. The van der Waals surface area contributed by atoms with Gasteiger partial charge in [0.15, 0.2) is 6.29 Å². The van der Waals surface area contributed by atoms with Crippen molar-refractivity contribution in [3.63, 3.8) is 0 Å². The van der Waals surface area contributed by atoms with Gasteiger partial charge in [-0.3, -0.25) is 4.74 Å². The third kappa shape index (κ3) is 6.64. The molecule has 0 radical (unpaired) electrons. The van der Waals surface area contributed by atoms with E-state index in [0.29, 0.717) is 26.4 Å². The van der Waals surface area contributed by atoms with Crippen molar-refractivity contribution < 1.29 is 33.2 Å². The largest absolute Gasteiger partial charge is 0.374 e. The maximum atomic E-state index is 6.50. The first-order valence-corrected chi connectivity index (χ1v) is 12.6. The summed E-state index contributed by atoms with van der Waals surface area (Å²) in [5.41, 5.74) is 3.19. The van der Waals surface area contributed by atoms with Crippen molar-refractivity contribution >= 4 is 0 Å². The Kier molecular flexibility index (Phi) is 8.63. The van der Waals surface area contributed by atoms with Gasteiger partial charge in [-0.2, -0.15) is 0 Å². The van der Waals surface area contributed by atoms with E-state index in [1.165, 1.54) is 0 Å². The lowest BCUT2D eigenvalue weighted by Gasteiger charge is -2.42. The minimum atomic E-state index is -1.24. The van der Waals surface area contributed by atoms with Gasteiger partial charge >= 0.3 is 0 Å². The van der Waals surface area contributed by atoms with E-state index in [-0.39, 0.29) is 0 Å². The Morgan fingerprint density at radius 1 is 0.676 bits per heavy atom. The maximum absolute atomic E-state index is 6.50. The van der Waals surface area contributed by atoms with E-state index in [2.05, 4.69) is 0 Å². The van der Waals surface area contributed by atoms with Crippen LogP contribution in [0.1, 0.15) is 23.6 Å². The molecule has 0 amide bonds. The average Bonchev–Trinajstić information content (AvgIpc) is 3.29. The molecule has 2 saturated heterocycles. The Balaban J connectivity index is 1.36. The van der Waals surface area contributed by atoms with Gasteiger partial charge in [0.05, 0.1) is 26.4 Å². The minimum Gasteiger partial charge on any atom is -0.374 e. The van der Waals surface area contributed by atoms with E-state index in [9.17, 15) is 0 Å². The third-order valence-electron chi connectivity index (χ3n) is 6.61. The zero-order chi connectivity index (χ0) is 25.5. The van der Waals surface area contributed by atoms with Gasteiger partial charge in [0, 0.05) is 14.0 Å². The number of methoxy groups -OCH3 is 1.